The van der Waals surface area contributed by atoms with E-state index in [0.29, 0.717) is 0 Å². The van der Waals surface area contributed by atoms with Crippen LogP contribution in [-0.2, 0) is 4.74 Å². The Morgan fingerprint density at radius 3 is 2.23 bits per heavy atom. The Morgan fingerprint density at radius 1 is 0.935 bits per heavy atom. The highest BCUT2D eigenvalue weighted by atomic mass is 32.1. The Bertz CT molecular complexity index is 1160. The van der Waals surface area contributed by atoms with E-state index in [4.69, 9.17) is 4.74 Å². The molecular weight excluding hydrogens is 426 g/mol. The predicted molar refractivity (Wildman–Crippen MR) is 114 cm³/mol. The number of nitrogens with one attached hydrogen (secondary N) is 2. The molecule has 0 aliphatic carbocycles. The van der Waals surface area contributed by atoms with Gasteiger partial charge in [-0.1, -0.05) is 24.3 Å². The van der Waals surface area contributed by atoms with Gasteiger partial charge in [0.15, 0.2) is 0 Å². The molecule has 2 amide bonds. The molecule has 0 radical (unpaired) electrons. The zero-order valence-electron chi connectivity index (χ0n) is 16.6. The van der Waals surface area contributed by atoms with Crippen LogP contribution in [-0.4, -0.2) is 24.4 Å². The smallest absolute Gasteiger partial charge is 0.341 e. The lowest BCUT2D eigenvalue weighted by Crippen LogP contribution is -2.16. The number of ether oxygens (including phenoxy) is 1. The highest BCUT2D eigenvalue weighted by Gasteiger charge is 2.27. The van der Waals surface area contributed by atoms with E-state index in [0.717, 1.165) is 17.4 Å². The van der Waals surface area contributed by atoms with Crippen molar-refractivity contribution in [3.8, 4) is 0 Å². The molecule has 31 heavy (non-hydrogen) atoms. The summed E-state index contributed by atoms with van der Waals surface area (Å²) in [6, 6.07) is 11.0. The van der Waals surface area contributed by atoms with Crippen LogP contribution < -0.4 is 10.6 Å². The van der Waals surface area contributed by atoms with Crippen LogP contribution in [0.4, 0.5) is 19.5 Å². The molecule has 0 saturated heterocycles. The Morgan fingerprint density at radius 2 is 1.58 bits per heavy atom. The summed E-state index contributed by atoms with van der Waals surface area (Å²) in [5.74, 6) is -3.55. The van der Waals surface area contributed by atoms with Crippen LogP contribution in [0.15, 0.2) is 48.5 Å². The van der Waals surface area contributed by atoms with Gasteiger partial charge in [0.1, 0.15) is 16.6 Å². The van der Waals surface area contributed by atoms with Crippen molar-refractivity contribution in [3.63, 3.8) is 0 Å². The zero-order chi connectivity index (χ0) is 22.5. The number of carbonyl (C=O) groups excluding carboxylic acids is 3. The number of hydrogen-bond acceptors (Lipinski definition) is 5. The van der Waals surface area contributed by atoms with Crippen molar-refractivity contribution < 1.29 is 27.9 Å². The summed E-state index contributed by atoms with van der Waals surface area (Å²) < 4.78 is 32.9. The molecule has 0 bridgehead atoms. The first-order valence-electron chi connectivity index (χ1n) is 9.25. The van der Waals surface area contributed by atoms with Gasteiger partial charge in [0, 0.05) is 0 Å². The van der Waals surface area contributed by atoms with E-state index in [2.05, 4.69) is 10.6 Å². The van der Waals surface area contributed by atoms with Crippen molar-refractivity contribution in [2.24, 2.45) is 0 Å². The van der Waals surface area contributed by atoms with Gasteiger partial charge in [0.25, 0.3) is 11.8 Å². The number of thiophene rings is 1. The quantitative estimate of drug-likeness (QED) is 0.523. The van der Waals surface area contributed by atoms with Crippen LogP contribution in [0.5, 0.6) is 0 Å². The van der Waals surface area contributed by atoms with Gasteiger partial charge in [-0.2, -0.15) is 0 Å². The minimum atomic E-state index is -0.786. The first kappa shape index (κ1) is 22.1. The fourth-order valence-corrected chi connectivity index (χ4v) is 3.91. The van der Waals surface area contributed by atoms with Gasteiger partial charge in [-0.3, -0.25) is 9.59 Å². The van der Waals surface area contributed by atoms with Crippen LogP contribution in [0.1, 0.15) is 42.9 Å². The Labute approximate surface area is 180 Å². The highest BCUT2D eigenvalue weighted by molar-refractivity contribution is 7.19. The van der Waals surface area contributed by atoms with E-state index >= 15 is 0 Å². The third-order valence-electron chi connectivity index (χ3n) is 4.30. The molecule has 9 heteroatoms. The van der Waals surface area contributed by atoms with Gasteiger partial charge < -0.3 is 15.4 Å². The third kappa shape index (κ3) is 4.77. The monoisotopic (exact) mass is 444 g/mol. The van der Waals surface area contributed by atoms with E-state index in [1.165, 1.54) is 43.3 Å². The lowest BCUT2D eigenvalue weighted by atomic mass is 10.1. The van der Waals surface area contributed by atoms with Crippen molar-refractivity contribution in [2.75, 3.05) is 17.2 Å². The van der Waals surface area contributed by atoms with Gasteiger partial charge in [0.05, 0.1) is 28.3 Å². The molecule has 160 valence electrons. The lowest BCUT2D eigenvalue weighted by molar-refractivity contribution is 0.0527. The summed E-state index contributed by atoms with van der Waals surface area (Å²) in [4.78, 5) is 37.9. The van der Waals surface area contributed by atoms with E-state index < -0.39 is 29.4 Å². The minimum absolute atomic E-state index is 0.0183. The maximum Gasteiger partial charge on any atom is 0.341 e. The second-order valence-corrected chi connectivity index (χ2v) is 7.37. The van der Waals surface area contributed by atoms with Crippen molar-refractivity contribution in [1.82, 2.24) is 0 Å². The number of carbonyl (C=O) groups is 3. The second-order valence-electron chi connectivity index (χ2n) is 6.35. The Kier molecular flexibility index (Phi) is 6.76. The summed E-state index contributed by atoms with van der Waals surface area (Å²) in [7, 11) is 0. The third-order valence-corrected chi connectivity index (χ3v) is 5.51. The summed E-state index contributed by atoms with van der Waals surface area (Å²) in [6.45, 7) is 3.20. The molecule has 0 spiro atoms. The number of benzene rings is 2. The van der Waals surface area contributed by atoms with E-state index in [9.17, 15) is 23.2 Å². The highest BCUT2D eigenvalue weighted by Crippen LogP contribution is 2.35. The maximum absolute atomic E-state index is 14.0. The molecule has 3 rings (SSSR count). The zero-order valence-corrected chi connectivity index (χ0v) is 17.4. The molecule has 1 aromatic heterocycles. The average Bonchev–Trinajstić information content (AvgIpc) is 3.06. The van der Waals surface area contributed by atoms with Crippen LogP contribution in [0.3, 0.4) is 0 Å². The molecule has 1 heterocycles. The molecular formula is C22H18F2N2O4S. The topological polar surface area (TPSA) is 84.5 Å². The largest absolute Gasteiger partial charge is 0.462 e. The molecule has 2 N–H and O–H groups in total. The Balaban J connectivity index is 1.97. The molecule has 0 fully saturated rings. The van der Waals surface area contributed by atoms with Crippen LogP contribution >= 0.6 is 11.3 Å². The predicted octanol–water partition coefficient (Wildman–Crippen LogP) is 5.02. The molecule has 0 aliphatic rings. The number of rotatable bonds is 6. The van der Waals surface area contributed by atoms with Crippen LogP contribution in [0.25, 0.3) is 0 Å². The number of halogens is 2. The van der Waals surface area contributed by atoms with Gasteiger partial charge in [-0.05, 0) is 43.7 Å². The Hall–Kier alpha value is -3.59. The number of para-hydroxylation sites is 1. The fourth-order valence-electron chi connectivity index (χ4n) is 2.82. The lowest BCUT2D eigenvalue weighted by Gasteiger charge is -2.07. The number of amides is 2. The van der Waals surface area contributed by atoms with Gasteiger partial charge >= 0.3 is 5.97 Å². The normalized spacial score (nSPS) is 10.5. The molecule has 0 atom stereocenters. The molecule has 0 saturated carbocycles. The van der Waals surface area contributed by atoms with Crippen LogP contribution in [0.2, 0.25) is 0 Å². The number of hydrogen-bond donors (Lipinski definition) is 2. The van der Waals surface area contributed by atoms with Gasteiger partial charge in [0.2, 0.25) is 0 Å². The molecule has 0 aliphatic heterocycles. The average molecular weight is 444 g/mol. The van der Waals surface area contributed by atoms with E-state index in [1.54, 1.807) is 13.0 Å². The molecule has 3 aromatic rings. The molecule has 6 nitrogen and oxygen atoms in total. The van der Waals surface area contributed by atoms with Crippen molar-refractivity contribution in [2.45, 2.75) is 13.8 Å². The molecule has 2 aromatic carbocycles. The van der Waals surface area contributed by atoms with E-state index in [1.807, 2.05) is 0 Å². The minimum Gasteiger partial charge on any atom is -0.462 e. The summed E-state index contributed by atoms with van der Waals surface area (Å²) in [5.41, 5.74) is -0.0213. The summed E-state index contributed by atoms with van der Waals surface area (Å²) in [6.07, 6.45) is 0. The second kappa shape index (κ2) is 9.48. The van der Waals surface area contributed by atoms with Crippen LogP contribution in [0, 0.1) is 18.6 Å². The molecule has 0 unspecified atom stereocenters. The first-order valence-corrected chi connectivity index (χ1v) is 10.1. The van der Waals surface area contributed by atoms with Gasteiger partial charge in [-0.15, -0.1) is 11.3 Å². The first-order chi connectivity index (χ1) is 14.8. The van der Waals surface area contributed by atoms with E-state index in [-0.39, 0.29) is 38.9 Å². The standard InChI is InChI=1S/C22H18F2N2O4S/c1-3-30-22(29)17-12(2)18(20(28)25-16-11-7-6-10-15(16)24)31-21(17)26-19(27)13-8-4-5-9-14(13)23/h4-11H,3H2,1-2H3,(H,25,28)(H,26,27). The number of esters is 1. The maximum atomic E-state index is 14.0. The van der Waals surface area contributed by atoms with Crippen molar-refractivity contribution >= 4 is 39.8 Å². The van der Waals surface area contributed by atoms with Crippen molar-refractivity contribution in [1.29, 1.82) is 0 Å². The van der Waals surface area contributed by atoms with Gasteiger partial charge in [-0.25, -0.2) is 13.6 Å². The summed E-state index contributed by atoms with van der Waals surface area (Å²) >= 11 is 0.813. The SMILES string of the molecule is CCOC(=O)c1c(NC(=O)c2ccccc2F)sc(C(=O)Nc2ccccc2F)c1C. The summed E-state index contributed by atoms with van der Waals surface area (Å²) in [5, 5.41) is 4.96. The number of anilines is 2. The fraction of sp³-hybridized carbons (Fsp3) is 0.136. The van der Waals surface area contributed by atoms with Crippen molar-refractivity contribution in [3.05, 3.63) is 81.7 Å².